The van der Waals surface area contributed by atoms with E-state index in [1.54, 1.807) is 0 Å². The van der Waals surface area contributed by atoms with Crippen molar-refractivity contribution in [1.82, 2.24) is 5.32 Å². The number of fused-ring (bicyclic) bond motifs is 3. The second kappa shape index (κ2) is 9.12. The van der Waals surface area contributed by atoms with E-state index >= 15 is 0 Å². The predicted octanol–water partition coefficient (Wildman–Crippen LogP) is 4.39. The molecule has 8 heteroatoms. The maximum Gasteiger partial charge on any atom is 0.411 e. The maximum absolute atomic E-state index is 14.0. The minimum Gasteiger partial charge on any atom is -0.480 e. The molecule has 0 spiro atoms. The average Bonchev–Trinajstić information content (AvgIpc) is 3.11. The van der Waals surface area contributed by atoms with Crippen LogP contribution in [0.5, 0.6) is 0 Å². The van der Waals surface area contributed by atoms with Crippen LogP contribution in [0, 0.1) is 5.82 Å². The van der Waals surface area contributed by atoms with E-state index in [9.17, 15) is 18.8 Å². The lowest BCUT2D eigenvalue weighted by Crippen LogP contribution is -2.38. The Bertz CT molecular complexity index is 1200. The average molecular weight is 448 g/mol. The number of ether oxygens (including phenoxy) is 1. The second-order valence-electron chi connectivity index (χ2n) is 7.71. The molecule has 168 valence electrons. The number of nitrogens with one attached hydrogen (secondary N) is 2. The molecule has 3 aromatic rings. The fraction of sp³-hybridized carbons (Fsp3) is 0.160. The van der Waals surface area contributed by atoms with Crippen molar-refractivity contribution >= 4 is 23.7 Å². The van der Waals surface area contributed by atoms with Crippen molar-refractivity contribution in [2.24, 2.45) is 0 Å². The predicted molar refractivity (Wildman–Crippen MR) is 120 cm³/mol. The van der Waals surface area contributed by atoms with E-state index in [4.69, 9.17) is 9.84 Å². The van der Waals surface area contributed by atoms with Gasteiger partial charge in [-0.3, -0.25) is 14.9 Å². The number of rotatable bonds is 6. The quantitative estimate of drug-likeness (QED) is 0.519. The minimum atomic E-state index is -1.23. The summed E-state index contributed by atoms with van der Waals surface area (Å²) in [6.07, 6.45) is -0.798. The number of hydrogen-bond acceptors (Lipinski definition) is 4. The molecule has 3 N–H and O–H groups in total. The van der Waals surface area contributed by atoms with E-state index in [-0.39, 0.29) is 23.8 Å². The Kier molecular flexibility index (Phi) is 6.08. The van der Waals surface area contributed by atoms with E-state index in [2.05, 4.69) is 10.6 Å². The van der Waals surface area contributed by atoms with Gasteiger partial charge >= 0.3 is 12.1 Å². The van der Waals surface area contributed by atoms with Gasteiger partial charge in [-0.15, -0.1) is 0 Å². The summed E-state index contributed by atoms with van der Waals surface area (Å²) in [5.74, 6) is -2.90. The summed E-state index contributed by atoms with van der Waals surface area (Å²) in [5, 5.41) is 13.6. The number of benzene rings is 3. The summed E-state index contributed by atoms with van der Waals surface area (Å²) in [6, 6.07) is 17.9. The molecule has 0 saturated carbocycles. The standard InChI is InChI=1S/C25H21FN2O5/c1-14(24(30)31)27-23(29)15-10-16(26)12-17(11-15)28-25(32)33-13-22-20-8-4-2-6-18(20)19-7-3-5-9-21(19)22/h2-12,14,22H,13H2,1H3,(H,27,29)(H,28,32)(H,30,31)/t14-/m1/s1. The number of aliphatic carboxylic acids is 1. The molecule has 0 saturated heterocycles. The number of carbonyl (C=O) groups is 3. The van der Waals surface area contributed by atoms with Gasteiger partial charge in [0.1, 0.15) is 18.5 Å². The Balaban J connectivity index is 1.44. The first-order valence-electron chi connectivity index (χ1n) is 10.3. The van der Waals surface area contributed by atoms with Gasteiger partial charge in [0.15, 0.2) is 0 Å². The Morgan fingerprint density at radius 1 is 1.00 bits per heavy atom. The van der Waals surface area contributed by atoms with Crippen molar-refractivity contribution < 1.29 is 28.6 Å². The largest absolute Gasteiger partial charge is 0.480 e. The lowest BCUT2D eigenvalue weighted by Gasteiger charge is -2.15. The third kappa shape index (κ3) is 4.69. The van der Waals surface area contributed by atoms with E-state index in [1.165, 1.54) is 13.0 Å². The number of carboxylic acid groups (broad SMARTS) is 1. The van der Waals surface area contributed by atoms with E-state index in [1.807, 2.05) is 48.5 Å². The highest BCUT2D eigenvalue weighted by Gasteiger charge is 2.29. The van der Waals surface area contributed by atoms with Crippen molar-refractivity contribution in [2.75, 3.05) is 11.9 Å². The van der Waals surface area contributed by atoms with Gasteiger partial charge in [0.2, 0.25) is 0 Å². The molecule has 0 heterocycles. The maximum atomic E-state index is 14.0. The van der Waals surface area contributed by atoms with Crippen molar-refractivity contribution in [2.45, 2.75) is 18.9 Å². The van der Waals surface area contributed by atoms with Crippen LogP contribution < -0.4 is 10.6 Å². The molecule has 3 aromatic carbocycles. The summed E-state index contributed by atoms with van der Waals surface area (Å²) >= 11 is 0. The smallest absolute Gasteiger partial charge is 0.411 e. The van der Waals surface area contributed by atoms with Gasteiger partial charge in [-0.25, -0.2) is 9.18 Å². The zero-order valence-electron chi connectivity index (χ0n) is 17.7. The van der Waals surface area contributed by atoms with Crippen LogP contribution in [0.4, 0.5) is 14.9 Å². The Labute approximate surface area is 189 Å². The molecule has 0 bridgehead atoms. The molecular formula is C25H21FN2O5. The number of anilines is 1. The lowest BCUT2D eigenvalue weighted by molar-refractivity contribution is -0.138. The van der Waals surface area contributed by atoms with Gasteiger partial charge in [0.25, 0.3) is 5.91 Å². The summed E-state index contributed by atoms with van der Waals surface area (Å²) in [4.78, 5) is 35.5. The van der Waals surface area contributed by atoms with Crippen molar-refractivity contribution in [1.29, 1.82) is 0 Å². The number of carbonyl (C=O) groups excluding carboxylic acids is 2. The molecule has 0 unspecified atom stereocenters. The molecule has 0 aromatic heterocycles. The molecule has 0 aliphatic heterocycles. The summed E-state index contributed by atoms with van der Waals surface area (Å²) in [5.41, 5.74) is 4.20. The van der Waals surface area contributed by atoms with Gasteiger partial charge in [0, 0.05) is 17.2 Å². The zero-order chi connectivity index (χ0) is 23.5. The molecule has 1 aliphatic rings. The summed E-state index contributed by atoms with van der Waals surface area (Å²) in [6.45, 7) is 1.37. The fourth-order valence-corrected chi connectivity index (χ4v) is 3.89. The van der Waals surface area contributed by atoms with Gasteiger partial charge in [-0.05, 0) is 47.4 Å². The molecule has 33 heavy (non-hydrogen) atoms. The number of halogens is 1. The normalized spacial score (nSPS) is 12.9. The first kappa shape index (κ1) is 22.0. The van der Waals surface area contributed by atoms with Crippen LogP contribution in [0.15, 0.2) is 66.7 Å². The SMILES string of the molecule is C[C@@H](NC(=O)c1cc(F)cc(NC(=O)OCC2c3ccccc3-c3ccccc32)c1)C(=O)O. The van der Waals surface area contributed by atoms with Crippen LogP contribution in [-0.4, -0.2) is 35.7 Å². The van der Waals surface area contributed by atoms with Crippen molar-refractivity contribution in [3.8, 4) is 11.1 Å². The summed E-state index contributed by atoms with van der Waals surface area (Å²) in [7, 11) is 0. The molecule has 0 fully saturated rings. The fourth-order valence-electron chi connectivity index (χ4n) is 3.89. The Morgan fingerprint density at radius 3 is 2.21 bits per heavy atom. The third-order valence-corrected chi connectivity index (χ3v) is 5.47. The van der Waals surface area contributed by atoms with Crippen LogP contribution in [-0.2, 0) is 9.53 Å². The van der Waals surface area contributed by atoms with Crippen LogP contribution in [0.25, 0.3) is 11.1 Å². The summed E-state index contributed by atoms with van der Waals surface area (Å²) < 4.78 is 19.4. The molecular weight excluding hydrogens is 427 g/mol. The minimum absolute atomic E-state index is 0.0142. The topological polar surface area (TPSA) is 105 Å². The monoisotopic (exact) mass is 448 g/mol. The van der Waals surface area contributed by atoms with Gasteiger partial charge in [-0.1, -0.05) is 48.5 Å². The molecule has 7 nitrogen and oxygen atoms in total. The number of amides is 2. The van der Waals surface area contributed by atoms with Crippen molar-refractivity contribution in [3.05, 3.63) is 89.2 Å². The van der Waals surface area contributed by atoms with Crippen LogP contribution in [0.2, 0.25) is 0 Å². The highest BCUT2D eigenvalue weighted by Crippen LogP contribution is 2.44. The number of carboxylic acids is 1. The van der Waals surface area contributed by atoms with Gasteiger partial charge in [-0.2, -0.15) is 0 Å². The molecule has 1 aliphatic carbocycles. The number of hydrogen-bond donors (Lipinski definition) is 3. The van der Waals surface area contributed by atoms with Crippen LogP contribution in [0.1, 0.15) is 34.3 Å². The van der Waals surface area contributed by atoms with Gasteiger partial charge < -0.3 is 15.2 Å². The van der Waals surface area contributed by atoms with Crippen LogP contribution in [0.3, 0.4) is 0 Å². The van der Waals surface area contributed by atoms with E-state index in [0.717, 1.165) is 34.4 Å². The van der Waals surface area contributed by atoms with Gasteiger partial charge in [0.05, 0.1) is 0 Å². The molecule has 2 amide bonds. The van der Waals surface area contributed by atoms with E-state index < -0.39 is 29.8 Å². The molecule has 1 atom stereocenters. The first-order valence-corrected chi connectivity index (χ1v) is 10.3. The molecule has 4 rings (SSSR count). The van der Waals surface area contributed by atoms with Crippen LogP contribution >= 0.6 is 0 Å². The van der Waals surface area contributed by atoms with E-state index in [0.29, 0.717) is 0 Å². The van der Waals surface area contributed by atoms with Crippen molar-refractivity contribution in [3.63, 3.8) is 0 Å². The zero-order valence-corrected chi connectivity index (χ0v) is 17.7. The second-order valence-corrected chi connectivity index (χ2v) is 7.71. The lowest BCUT2D eigenvalue weighted by atomic mass is 9.98. The molecule has 0 radical (unpaired) electrons. The highest BCUT2D eigenvalue weighted by atomic mass is 19.1. The Morgan fingerprint density at radius 2 is 1.61 bits per heavy atom. The highest BCUT2D eigenvalue weighted by molar-refractivity contribution is 5.98. The third-order valence-electron chi connectivity index (χ3n) is 5.47. The Hall–Kier alpha value is -4.20. The first-order chi connectivity index (χ1) is 15.8.